The molecule has 4 aromatic rings. The summed E-state index contributed by atoms with van der Waals surface area (Å²) in [6.07, 6.45) is 3.20. The highest BCUT2D eigenvalue weighted by atomic mass is 16.5. The minimum Gasteiger partial charge on any atom is -0.465 e. The summed E-state index contributed by atoms with van der Waals surface area (Å²) in [5, 5.41) is 9.03. The first-order chi connectivity index (χ1) is 15.6. The van der Waals surface area contributed by atoms with Crippen molar-refractivity contribution in [3.05, 3.63) is 106 Å². The predicted octanol–water partition coefficient (Wildman–Crippen LogP) is 3.68. The maximum absolute atomic E-state index is 13.5. The fourth-order valence-corrected chi connectivity index (χ4v) is 3.32. The number of methoxy groups -OCH3 is 1. The number of nitrogens with zero attached hydrogens (tertiary/aromatic N) is 4. The zero-order valence-corrected chi connectivity index (χ0v) is 17.2. The van der Waals surface area contributed by atoms with Gasteiger partial charge in [-0.1, -0.05) is 30.3 Å². The molecule has 0 saturated heterocycles. The van der Waals surface area contributed by atoms with Gasteiger partial charge in [0.1, 0.15) is 5.82 Å². The fourth-order valence-electron chi connectivity index (χ4n) is 3.32. The van der Waals surface area contributed by atoms with Gasteiger partial charge < -0.3 is 4.74 Å². The molecule has 0 aliphatic rings. The maximum Gasteiger partial charge on any atom is 0.337 e. The molecule has 0 radical (unpaired) electrons. The number of rotatable bonds is 5. The zero-order chi connectivity index (χ0) is 22.5. The van der Waals surface area contributed by atoms with Gasteiger partial charge in [0.2, 0.25) is 0 Å². The summed E-state index contributed by atoms with van der Waals surface area (Å²) in [5.41, 5.74) is 3.16. The number of aromatic nitrogens is 3. The molecular weight excluding hydrogens is 404 g/mol. The Labute approximate surface area is 184 Å². The van der Waals surface area contributed by atoms with Gasteiger partial charge in [0.15, 0.2) is 0 Å². The molecule has 0 saturated carbocycles. The third-order valence-electron chi connectivity index (χ3n) is 4.98. The minimum atomic E-state index is -0.438. The third-order valence-corrected chi connectivity index (χ3v) is 4.98. The van der Waals surface area contributed by atoms with Crippen LogP contribution in [0.5, 0.6) is 0 Å². The molecule has 2 heterocycles. The number of carbonyl (C=O) groups excluding carboxylic acids is 1. The third kappa shape index (κ3) is 4.16. The van der Waals surface area contributed by atoms with Crippen LogP contribution in [0.2, 0.25) is 0 Å². The number of benzene rings is 2. The lowest BCUT2D eigenvalue weighted by Gasteiger charge is -2.14. The second-order valence-electron chi connectivity index (χ2n) is 6.97. The van der Waals surface area contributed by atoms with Gasteiger partial charge in [0.25, 0.3) is 5.56 Å². The highest BCUT2D eigenvalue weighted by molar-refractivity contribution is 5.89. The van der Waals surface area contributed by atoms with E-state index in [4.69, 9.17) is 10.00 Å². The molecule has 0 spiro atoms. The Balaban J connectivity index is 1.84. The Morgan fingerprint density at radius 1 is 1.00 bits per heavy atom. The second-order valence-corrected chi connectivity index (χ2v) is 6.97. The highest BCUT2D eigenvalue weighted by Gasteiger charge is 2.15. The van der Waals surface area contributed by atoms with E-state index in [0.29, 0.717) is 39.3 Å². The maximum atomic E-state index is 13.5. The van der Waals surface area contributed by atoms with Crippen molar-refractivity contribution in [1.29, 1.82) is 5.26 Å². The lowest BCUT2D eigenvalue weighted by Crippen LogP contribution is -2.25. The van der Waals surface area contributed by atoms with Crippen LogP contribution < -0.4 is 5.56 Å². The number of hydrogen-bond acceptors (Lipinski definition) is 6. The largest absolute Gasteiger partial charge is 0.465 e. The number of ether oxygens (including phenoxy) is 1. The molecule has 7 heteroatoms. The first-order valence-electron chi connectivity index (χ1n) is 9.79. The summed E-state index contributed by atoms with van der Waals surface area (Å²) in [4.78, 5) is 34.2. The van der Waals surface area contributed by atoms with Crippen molar-refractivity contribution in [2.24, 2.45) is 0 Å². The van der Waals surface area contributed by atoms with Crippen LogP contribution in [0.4, 0.5) is 0 Å². The lowest BCUT2D eigenvalue weighted by molar-refractivity contribution is 0.0600. The molecule has 0 aliphatic heterocycles. The summed E-state index contributed by atoms with van der Waals surface area (Å²) >= 11 is 0. The zero-order valence-electron chi connectivity index (χ0n) is 17.2. The van der Waals surface area contributed by atoms with Gasteiger partial charge in [0, 0.05) is 18.0 Å². The molecule has 156 valence electrons. The topological polar surface area (TPSA) is 97.9 Å². The number of esters is 1. The Morgan fingerprint density at radius 3 is 2.34 bits per heavy atom. The summed E-state index contributed by atoms with van der Waals surface area (Å²) in [6, 6.07) is 21.1. The van der Waals surface area contributed by atoms with Crippen molar-refractivity contribution in [2.75, 3.05) is 7.11 Å². The smallest absolute Gasteiger partial charge is 0.337 e. The Bertz CT molecular complexity index is 1350. The first kappa shape index (κ1) is 20.7. The van der Waals surface area contributed by atoms with Crippen molar-refractivity contribution in [3.8, 4) is 28.6 Å². The van der Waals surface area contributed by atoms with Crippen molar-refractivity contribution < 1.29 is 9.53 Å². The van der Waals surface area contributed by atoms with Gasteiger partial charge in [-0.2, -0.15) is 5.26 Å². The van der Waals surface area contributed by atoms with Crippen molar-refractivity contribution in [2.45, 2.75) is 6.54 Å². The molecule has 0 fully saturated rings. The number of nitriles is 1. The van der Waals surface area contributed by atoms with E-state index >= 15 is 0 Å². The van der Waals surface area contributed by atoms with Crippen LogP contribution in [0, 0.1) is 11.3 Å². The standard InChI is InChI=1S/C25H18N4O3/c1-32-25(31)20-11-9-19(10-12-20)23-28-15-22(18-7-5-17(14-26)6-8-18)24(30)29(23)16-21-4-2-3-13-27-21/h2-13,15H,16H2,1H3. The van der Waals surface area contributed by atoms with E-state index in [2.05, 4.69) is 16.0 Å². The van der Waals surface area contributed by atoms with Crippen LogP contribution in [0.3, 0.4) is 0 Å². The van der Waals surface area contributed by atoms with Gasteiger partial charge >= 0.3 is 5.97 Å². The van der Waals surface area contributed by atoms with E-state index in [1.54, 1.807) is 59.3 Å². The second kappa shape index (κ2) is 9.06. The number of hydrogen-bond donors (Lipinski definition) is 0. The van der Waals surface area contributed by atoms with Gasteiger partial charge in [0.05, 0.1) is 42.1 Å². The molecule has 0 aliphatic carbocycles. The average molecular weight is 422 g/mol. The van der Waals surface area contributed by atoms with Gasteiger partial charge in [-0.3, -0.25) is 14.3 Å². The molecule has 0 atom stereocenters. The molecule has 0 bridgehead atoms. The normalized spacial score (nSPS) is 10.4. The molecule has 4 rings (SSSR count). The number of carbonyl (C=O) groups is 1. The summed E-state index contributed by atoms with van der Waals surface area (Å²) in [7, 11) is 1.32. The van der Waals surface area contributed by atoms with E-state index in [1.807, 2.05) is 18.2 Å². The van der Waals surface area contributed by atoms with E-state index in [0.717, 1.165) is 0 Å². The van der Waals surface area contributed by atoms with Crippen LogP contribution >= 0.6 is 0 Å². The summed E-state index contributed by atoms with van der Waals surface area (Å²) in [5.74, 6) is 0.0148. The molecule has 0 N–H and O–H groups in total. The highest BCUT2D eigenvalue weighted by Crippen LogP contribution is 2.21. The van der Waals surface area contributed by atoms with Gasteiger partial charge in [-0.05, 0) is 42.0 Å². The monoisotopic (exact) mass is 422 g/mol. The predicted molar refractivity (Wildman–Crippen MR) is 119 cm³/mol. The van der Waals surface area contributed by atoms with Crippen molar-refractivity contribution in [3.63, 3.8) is 0 Å². The Hall–Kier alpha value is -4.57. The van der Waals surface area contributed by atoms with Crippen LogP contribution in [0.15, 0.2) is 83.9 Å². The van der Waals surface area contributed by atoms with Gasteiger partial charge in [-0.15, -0.1) is 0 Å². The van der Waals surface area contributed by atoms with Gasteiger partial charge in [-0.25, -0.2) is 9.78 Å². The van der Waals surface area contributed by atoms with Crippen molar-refractivity contribution >= 4 is 5.97 Å². The van der Waals surface area contributed by atoms with Crippen molar-refractivity contribution in [1.82, 2.24) is 14.5 Å². The van der Waals surface area contributed by atoms with E-state index in [-0.39, 0.29) is 12.1 Å². The quantitative estimate of drug-likeness (QED) is 0.455. The van der Waals surface area contributed by atoms with Crippen LogP contribution in [0.25, 0.3) is 22.5 Å². The minimum absolute atomic E-state index is 0.227. The Kier molecular flexibility index (Phi) is 5.86. The molecule has 0 amide bonds. The first-order valence-corrected chi connectivity index (χ1v) is 9.79. The SMILES string of the molecule is COC(=O)c1ccc(-c2ncc(-c3ccc(C#N)cc3)c(=O)n2Cc2ccccn2)cc1. The van der Waals surface area contributed by atoms with Crippen LogP contribution in [-0.4, -0.2) is 27.6 Å². The molecule has 0 unspecified atom stereocenters. The molecule has 32 heavy (non-hydrogen) atoms. The lowest BCUT2D eigenvalue weighted by atomic mass is 10.1. The van der Waals surface area contributed by atoms with E-state index in [9.17, 15) is 9.59 Å². The molecule has 7 nitrogen and oxygen atoms in total. The molecular formula is C25H18N4O3. The van der Waals surface area contributed by atoms with E-state index in [1.165, 1.54) is 13.3 Å². The summed E-state index contributed by atoms with van der Waals surface area (Å²) in [6.45, 7) is 0.227. The van der Waals surface area contributed by atoms with E-state index < -0.39 is 5.97 Å². The Morgan fingerprint density at radius 2 is 1.72 bits per heavy atom. The molecule has 2 aromatic carbocycles. The molecule has 2 aromatic heterocycles. The number of pyridine rings is 1. The van der Waals surface area contributed by atoms with Crippen LogP contribution in [-0.2, 0) is 11.3 Å². The fraction of sp³-hybridized carbons (Fsp3) is 0.0800. The average Bonchev–Trinajstić information content (AvgIpc) is 2.85. The van der Waals surface area contributed by atoms with Crippen LogP contribution in [0.1, 0.15) is 21.6 Å². The summed E-state index contributed by atoms with van der Waals surface area (Å²) < 4.78 is 6.31.